The van der Waals surface area contributed by atoms with Crippen LogP contribution in [0.15, 0.2) is 17.3 Å². The van der Waals surface area contributed by atoms with Gasteiger partial charge in [0.2, 0.25) is 5.89 Å². The predicted molar refractivity (Wildman–Crippen MR) is 49.9 cm³/mol. The van der Waals surface area contributed by atoms with Gasteiger partial charge in [0, 0.05) is 5.41 Å². The third kappa shape index (κ3) is 1.58. The van der Waals surface area contributed by atoms with E-state index in [1.54, 1.807) is 12.3 Å². The van der Waals surface area contributed by atoms with E-state index in [4.69, 9.17) is 4.42 Å². The first kappa shape index (κ1) is 9.04. The number of hydrogen-bond donors (Lipinski definition) is 0. The molecule has 1 aromatic rings. The molecule has 0 amide bonds. The second kappa shape index (κ2) is 3.13. The third-order valence-corrected chi connectivity index (χ3v) is 2.27. The zero-order chi connectivity index (χ0) is 9.19. The van der Waals surface area contributed by atoms with Crippen LogP contribution >= 0.6 is 0 Å². The van der Waals surface area contributed by atoms with Crippen molar-refractivity contribution in [1.29, 1.82) is 0 Å². The molecule has 1 aromatic heterocycles. The van der Waals surface area contributed by atoms with Crippen molar-refractivity contribution in [3.05, 3.63) is 24.4 Å². The molecule has 0 saturated heterocycles. The number of aromatic nitrogens is 1. The van der Waals surface area contributed by atoms with Crippen LogP contribution in [0.4, 0.5) is 0 Å². The van der Waals surface area contributed by atoms with Crippen molar-refractivity contribution in [1.82, 2.24) is 4.98 Å². The lowest BCUT2D eigenvalue weighted by Gasteiger charge is -2.18. The largest absolute Gasteiger partial charge is 0.445 e. The summed E-state index contributed by atoms with van der Waals surface area (Å²) in [5.74, 6) is 0.603. The Hall–Kier alpha value is -1.05. The van der Waals surface area contributed by atoms with Crippen LogP contribution in [0.1, 0.15) is 38.8 Å². The Kier molecular flexibility index (Phi) is 2.36. The van der Waals surface area contributed by atoms with Gasteiger partial charge in [-0.15, -0.1) is 0 Å². The smallest absolute Gasteiger partial charge is 0.218 e. The minimum atomic E-state index is 0.102. The number of nitrogens with zero attached hydrogens (tertiary/aromatic N) is 1. The second-order valence-electron chi connectivity index (χ2n) is 3.51. The van der Waals surface area contributed by atoms with Crippen molar-refractivity contribution in [3.63, 3.8) is 0 Å². The Morgan fingerprint density at radius 3 is 2.75 bits per heavy atom. The summed E-state index contributed by atoms with van der Waals surface area (Å²) in [6.45, 7) is 10.0. The number of oxazole rings is 1. The average molecular weight is 165 g/mol. The summed E-state index contributed by atoms with van der Waals surface area (Å²) in [5.41, 5.74) is 1.10. The first-order chi connectivity index (χ1) is 5.60. The van der Waals surface area contributed by atoms with E-state index in [2.05, 4.69) is 32.3 Å². The van der Waals surface area contributed by atoms with Crippen molar-refractivity contribution in [2.75, 3.05) is 0 Å². The van der Waals surface area contributed by atoms with Gasteiger partial charge in [0.05, 0.1) is 5.69 Å². The van der Waals surface area contributed by atoms with Crippen LogP contribution in [0.2, 0.25) is 0 Å². The van der Waals surface area contributed by atoms with Gasteiger partial charge in [-0.05, 0) is 12.5 Å². The van der Waals surface area contributed by atoms with Gasteiger partial charge in [0.15, 0.2) is 0 Å². The Labute approximate surface area is 73.3 Å². The first-order valence-electron chi connectivity index (χ1n) is 4.18. The molecule has 0 aliphatic carbocycles. The highest BCUT2D eigenvalue weighted by Gasteiger charge is 2.21. The molecule has 1 heterocycles. The van der Waals surface area contributed by atoms with Gasteiger partial charge < -0.3 is 4.42 Å². The summed E-state index contributed by atoms with van der Waals surface area (Å²) in [7, 11) is 0. The number of rotatable bonds is 3. The second-order valence-corrected chi connectivity index (χ2v) is 3.51. The van der Waals surface area contributed by atoms with Crippen molar-refractivity contribution >= 4 is 6.08 Å². The molecule has 0 N–H and O–H groups in total. The van der Waals surface area contributed by atoms with Gasteiger partial charge in [-0.25, -0.2) is 4.98 Å². The van der Waals surface area contributed by atoms with Crippen LogP contribution in [0.3, 0.4) is 0 Å². The van der Waals surface area contributed by atoms with Gasteiger partial charge in [-0.3, -0.25) is 0 Å². The first-order valence-corrected chi connectivity index (χ1v) is 4.18. The van der Waals surface area contributed by atoms with E-state index >= 15 is 0 Å². The molecule has 0 spiro atoms. The summed E-state index contributed by atoms with van der Waals surface area (Å²) in [6, 6.07) is 0. The van der Waals surface area contributed by atoms with Gasteiger partial charge in [-0.1, -0.05) is 27.4 Å². The maximum atomic E-state index is 5.17. The topological polar surface area (TPSA) is 26.0 Å². The summed E-state index contributed by atoms with van der Waals surface area (Å²) in [6.07, 6.45) is 4.38. The van der Waals surface area contributed by atoms with E-state index in [1.807, 2.05) is 0 Å². The molecule has 66 valence electrons. The van der Waals surface area contributed by atoms with Gasteiger partial charge >= 0.3 is 0 Å². The standard InChI is InChI=1S/C10H15NO/c1-5-9-11-8(7-12-9)10(3,4)6-2/h5,7H,1,6H2,2-4H3. The van der Waals surface area contributed by atoms with E-state index in [-0.39, 0.29) is 5.41 Å². The molecular weight excluding hydrogens is 150 g/mol. The molecule has 0 aliphatic rings. The fourth-order valence-electron chi connectivity index (χ4n) is 0.873. The van der Waals surface area contributed by atoms with Crippen LogP contribution in [0.25, 0.3) is 6.08 Å². The molecule has 0 radical (unpaired) electrons. The lowest BCUT2D eigenvalue weighted by molar-refractivity contribution is 0.483. The molecule has 0 unspecified atom stereocenters. The minimum absolute atomic E-state index is 0.102. The van der Waals surface area contributed by atoms with Gasteiger partial charge in [0.1, 0.15) is 6.26 Å². The zero-order valence-electron chi connectivity index (χ0n) is 7.92. The Balaban J connectivity index is 2.95. The quantitative estimate of drug-likeness (QED) is 0.688. The molecule has 2 nitrogen and oxygen atoms in total. The van der Waals surface area contributed by atoms with E-state index < -0.39 is 0 Å². The fraction of sp³-hybridized carbons (Fsp3) is 0.500. The monoisotopic (exact) mass is 165 g/mol. The van der Waals surface area contributed by atoms with Crippen molar-refractivity contribution < 1.29 is 4.42 Å². The Bertz CT molecular complexity index is 273. The number of hydrogen-bond acceptors (Lipinski definition) is 2. The highest BCUT2D eigenvalue weighted by atomic mass is 16.3. The molecule has 2 heteroatoms. The summed E-state index contributed by atoms with van der Waals surface area (Å²) in [4.78, 5) is 4.29. The normalized spacial score (nSPS) is 11.6. The maximum Gasteiger partial charge on any atom is 0.218 e. The lowest BCUT2D eigenvalue weighted by atomic mass is 9.87. The molecule has 0 aliphatic heterocycles. The molecule has 0 bridgehead atoms. The third-order valence-electron chi connectivity index (χ3n) is 2.27. The van der Waals surface area contributed by atoms with Crippen molar-refractivity contribution in [2.24, 2.45) is 0 Å². The van der Waals surface area contributed by atoms with Crippen LogP contribution in [-0.2, 0) is 5.41 Å². The molecule has 12 heavy (non-hydrogen) atoms. The molecule has 0 aromatic carbocycles. The predicted octanol–water partition coefficient (Wildman–Crippen LogP) is 3.01. The maximum absolute atomic E-state index is 5.17. The summed E-state index contributed by atoms with van der Waals surface area (Å²) < 4.78 is 5.17. The molecule has 1 rings (SSSR count). The highest BCUT2D eigenvalue weighted by molar-refractivity contribution is 5.34. The average Bonchev–Trinajstić information content (AvgIpc) is 2.52. The zero-order valence-corrected chi connectivity index (χ0v) is 7.92. The Morgan fingerprint density at radius 1 is 1.67 bits per heavy atom. The molecule has 0 fully saturated rings. The van der Waals surface area contributed by atoms with E-state index in [0.29, 0.717) is 5.89 Å². The SMILES string of the molecule is C=Cc1nc(C(C)(C)CC)co1. The van der Waals surface area contributed by atoms with Crippen LogP contribution in [0, 0.1) is 0 Å². The molecular formula is C10H15NO. The van der Waals surface area contributed by atoms with Crippen LogP contribution in [0.5, 0.6) is 0 Å². The van der Waals surface area contributed by atoms with Crippen molar-refractivity contribution in [2.45, 2.75) is 32.6 Å². The van der Waals surface area contributed by atoms with Gasteiger partial charge in [-0.2, -0.15) is 0 Å². The lowest BCUT2D eigenvalue weighted by Crippen LogP contribution is -2.15. The summed E-state index contributed by atoms with van der Waals surface area (Å²) in [5, 5.41) is 0. The molecule has 0 atom stereocenters. The van der Waals surface area contributed by atoms with E-state index in [1.165, 1.54) is 0 Å². The van der Waals surface area contributed by atoms with E-state index in [0.717, 1.165) is 12.1 Å². The highest BCUT2D eigenvalue weighted by Crippen LogP contribution is 2.25. The summed E-state index contributed by atoms with van der Waals surface area (Å²) >= 11 is 0. The minimum Gasteiger partial charge on any atom is -0.445 e. The fourth-order valence-corrected chi connectivity index (χ4v) is 0.873. The Morgan fingerprint density at radius 2 is 2.33 bits per heavy atom. The van der Waals surface area contributed by atoms with Crippen LogP contribution in [-0.4, -0.2) is 4.98 Å². The van der Waals surface area contributed by atoms with Crippen LogP contribution < -0.4 is 0 Å². The van der Waals surface area contributed by atoms with E-state index in [9.17, 15) is 0 Å². The van der Waals surface area contributed by atoms with Crippen molar-refractivity contribution in [3.8, 4) is 0 Å². The van der Waals surface area contributed by atoms with Gasteiger partial charge in [0.25, 0.3) is 0 Å². The molecule has 0 saturated carbocycles.